The Morgan fingerprint density at radius 1 is 0.881 bits per heavy atom. The minimum atomic E-state index is -1.40. The number of hydrogen-bond acceptors (Lipinski definition) is 7. The molecule has 0 aliphatic carbocycles. The maximum Gasteiger partial charge on any atom is 0.238 e. The third kappa shape index (κ3) is 3.48. The lowest BCUT2D eigenvalue weighted by Gasteiger charge is -2.38. The number of carbonyl (C=O) groups is 3. The summed E-state index contributed by atoms with van der Waals surface area (Å²) in [4.78, 5) is 50.0. The van der Waals surface area contributed by atoms with Gasteiger partial charge >= 0.3 is 0 Å². The van der Waals surface area contributed by atoms with Crippen molar-refractivity contribution in [2.24, 2.45) is 5.92 Å². The van der Waals surface area contributed by atoms with Crippen molar-refractivity contribution in [2.75, 3.05) is 19.5 Å². The first-order valence-electron chi connectivity index (χ1n) is 13.7. The van der Waals surface area contributed by atoms with Crippen molar-refractivity contribution in [3.05, 3.63) is 125 Å². The Morgan fingerprint density at radius 2 is 1.67 bits per heavy atom. The molecule has 4 heterocycles. The van der Waals surface area contributed by atoms with E-state index in [1.807, 2.05) is 65.7 Å². The van der Waals surface area contributed by atoms with Crippen molar-refractivity contribution in [3.63, 3.8) is 0 Å². The summed E-state index contributed by atoms with van der Waals surface area (Å²) < 4.78 is 10.9. The van der Waals surface area contributed by atoms with Crippen LogP contribution < -0.4 is 14.8 Å². The fraction of sp³-hybridized carbons (Fsp3) is 0.176. The van der Waals surface area contributed by atoms with Gasteiger partial charge < -0.3 is 19.7 Å². The standard InChI is InChI=1S/C34H27N3O5/c1-41-26-14-13-21(18-27(26)42-2)31(39)29-28(30(38)22-9-7-16-35-19-22)34(24-11-5-6-12-25(24)36-33(34)40)32-23-10-4-3-8-20(23)15-17-37(29)32/h3-19,28-29,32H,1-2H3,(H,36,40)/t28-,29-,32+,34+/m0/s1. The van der Waals surface area contributed by atoms with Crippen LogP contribution in [0.3, 0.4) is 0 Å². The van der Waals surface area contributed by atoms with Crippen LogP contribution in [0.15, 0.2) is 97.5 Å². The molecule has 0 saturated carbocycles. The number of nitrogens with zero attached hydrogens (tertiary/aromatic N) is 2. The molecule has 1 N–H and O–H groups in total. The minimum absolute atomic E-state index is 0.304. The number of pyridine rings is 1. The second-order valence-electron chi connectivity index (χ2n) is 10.6. The smallest absolute Gasteiger partial charge is 0.238 e. The largest absolute Gasteiger partial charge is 0.493 e. The van der Waals surface area contributed by atoms with E-state index in [0.717, 1.165) is 11.1 Å². The van der Waals surface area contributed by atoms with Gasteiger partial charge in [0.25, 0.3) is 0 Å². The van der Waals surface area contributed by atoms with E-state index in [1.165, 1.54) is 20.4 Å². The van der Waals surface area contributed by atoms with Crippen LogP contribution in [0.1, 0.15) is 43.4 Å². The first kappa shape index (κ1) is 25.7. The number of fused-ring (bicyclic) bond motifs is 6. The van der Waals surface area contributed by atoms with E-state index in [2.05, 4.69) is 10.3 Å². The third-order valence-electron chi connectivity index (χ3n) is 8.74. The molecule has 3 aromatic carbocycles. The lowest BCUT2D eigenvalue weighted by Crippen LogP contribution is -2.49. The summed E-state index contributed by atoms with van der Waals surface area (Å²) in [5.41, 5.74) is 2.41. The summed E-state index contributed by atoms with van der Waals surface area (Å²) in [6.45, 7) is 0. The Labute approximate surface area is 242 Å². The van der Waals surface area contributed by atoms with Crippen molar-refractivity contribution >= 4 is 29.2 Å². The third-order valence-corrected chi connectivity index (χ3v) is 8.74. The molecular weight excluding hydrogens is 530 g/mol. The fourth-order valence-electron chi connectivity index (χ4n) is 7.02. The van der Waals surface area contributed by atoms with Crippen LogP contribution in [-0.4, -0.2) is 47.6 Å². The van der Waals surface area contributed by atoms with E-state index < -0.39 is 23.4 Å². The zero-order chi connectivity index (χ0) is 29.0. The first-order valence-corrected chi connectivity index (χ1v) is 13.7. The van der Waals surface area contributed by atoms with Crippen LogP contribution in [0.5, 0.6) is 11.5 Å². The molecule has 3 aliphatic rings. The number of ketones is 2. The quantitative estimate of drug-likeness (QED) is 0.330. The first-order chi connectivity index (χ1) is 20.5. The molecule has 0 unspecified atom stereocenters. The summed E-state index contributed by atoms with van der Waals surface area (Å²) in [5.74, 6) is -1.14. The highest BCUT2D eigenvalue weighted by Gasteiger charge is 2.70. The van der Waals surface area contributed by atoms with Crippen molar-refractivity contribution < 1.29 is 23.9 Å². The predicted octanol–water partition coefficient (Wildman–Crippen LogP) is 5.08. The van der Waals surface area contributed by atoms with E-state index in [-0.39, 0.29) is 17.5 Å². The fourth-order valence-corrected chi connectivity index (χ4v) is 7.02. The molecule has 8 nitrogen and oxygen atoms in total. The van der Waals surface area contributed by atoms with Gasteiger partial charge in [-0.2, -0.15) is 0 Å². The van der Waals surface area contributed by atoms with Gasteiger partial charge in [0.1, 0.15) is 11.5 Å². The molecule has 1 fully saturated rings. The summed E-state index contributed by atoms with van der Waals surface area (Å²) >= 11 is 0. The lowest BCUT2D eigenvalue weighted by atomic mass is 9.62. The molecule has 0 bridgehead atoms. The Morgan fingerprint density at radius 3 is 2.45 bits per heavy atom. The molecule has 1 aromatic heterocycles. The van der Waals surface area contributed by atoms with Crippen molar-refractivity contribution in [2.45, 2.75) is 17.5 Å². The normalized spacial score (nSPS) is 23.1. The average molecular weight is 558 g/mol. The Bertz CT molecular complexity index is 1790. The molecular formula is C34H27N3O5. The topological polar surface area (TPSA) is 97.8 Å². The Balaban J connectivity index is 1.52. The number of ether oxygens (including phenoxy) is 2. The maximum absolute atomic E-state index is 14.7. The number of anilines is 1. The molecule has 7 rings (SSSR count). The number of carbonyl (C=O) groups excluding carboxylic acids is 3. The van der Waals surface area contributed by atoms with Crippen LogP contribution >= 0.6 is 0 Å². The van der Waals surface area contributed by atoms with Gasteiger partial charge in [-0.25, -0.2) is 0 Å². The van der Waals surface area contributed by atoms with Crippen molar-refractivity contribution in [1.29, 1.82) is 0 Å². The average Bonchev–Trinajstić information content (AvgIpc) is 3.52. The minimum Gasteiger partial charge on any atom is -0.493 e. The lowest BCUT2D eigenvalue weighted by molar-refractivity contribution is -0.122. The maximum atomic E-state index is 14.7. The monoisotopic (exact) mass is 557 g/mol. The number of amides is 1. The van der Waals surface area contributed by atoms with Gasteiger partial charge in [0.05, 0.1) is 26.2 Å². The van der Waals surface area contributed by atoms with Crippen LogP contribution in [0.2, 0.25) is 0 Å². The number of methoxy groups -OCH3 is 2. The van der Waals surface area contributed by atoms with Crippen LogP contribution in [-0.2, 0) is 10.2 Å². The highest BCUT2D eigenvalue weighted by atomic mass is 16.5. The number of nitrogens with one attached hydrogen (secondary N) is 1. The van der Waals surface area contributed by atoms with Gasteiger partial charge in [-0.15, -0.1) is 0 Å². The van der Waals surface area contributed by atoms with Crippen LogP contribution in [0.25, 0.3) is 6.08 Å². The number of Topliss-reactive ketones (excluding diaryl/α,β-unsaturated/α-hetero) is 2. The second-order valence-corrected chi connectivity index (χ2v) is 10.6. The molecule has 1 spiro atoms. The number of aromatic nitrogens is 1. The Hall–Kier alpha value is -5.24. The highest BCUT2D eigenvalue weighted by Crippen LogP contribution is 2.62. The van der Waals surface area contributed by atoms with Crippen LogP contribution in [0, 0.1) is 5.92 Å². The highest BCUT2D eigenvalue weighted by molar-refractivity contribution is 6.16. The van der Waals surface area contributed by atoms with Gasteiger partial charge in [0.2, 0.25) is 5.91 Å². The summed E-state index contributed by atoms with van der Waals surface area (Å²) in [6, 6.07) is 22.0. The number of benzene rings is 3. The van der Waals surface area contributed by atoms with Gasteiger partial charge in [-0.05, 0) is 59.2 Å². The predicted molar refractivity (Wildman–Crippen MR) is 157 cm³/mol. The van der Waals surface area contributed by atoms with Crippen molar-refractivity contribution in [3.8, 4) is 11.5 Å². The number of rotatable bonds is 6. The molecule has 4 atom stereocenters. The van der Waals surface area contributed by atoms with Gasteiger partial charge in [0, 0.05) is 35.4 Å². The van der Waals surface area contributed by atoms with E-state index in [0.29, 0.717) is 33.9 Å². The molecule has 3 aliphatic heterocycles. The molecule has 4 aromatic rings. The van der Waals surface area contributed by atoms with Gasteiger partial charge in [-0.3, -0.25) is 19.4 Å². The molecule has 42 heavy (non-hydrogen) atoms. The number of para-hydroxylation sites is 1. The van der Waals surface area contributed by atoms with E-state index in [4.69, 9.17) is 9.47 Å². The second kappa shape index (κ2) is 9.69. The zero-order valence-electron chi connectivity index (χ0n) is 23.0. The zero-order valence-corrected chi connectivity index (χ0v) is 23.0. The Kier molecular flexibility index (Phi) is 5.93. The van der Waals surface area contributed by atoms with E-state index in [9.17, 15) is 14.4 Å². The van der Waals surface area contributed by atoms with Crippen LogP contribution in [0.4, 0.5) is 5.69 Å². The van der Waals surface area contributed by atoms with E-state index in [1.54, 1.807) is 36.5 Å². The summed E-state index contributed by atoms with van der Waals surface area (Å²) in [7, 11) is 3.03. The molecule has 208 valence electrons. The summed E-state index contributed by atoms with van der Waals surface area (Å²) in [5, 5.41) is 3.06. The molecule has 1 amide bonds. The summed E-state index contributed by atoms with van der Waals surface area (Å²) in [6.07, 6.45) is 6.87. The number of hydrogen-bond donors (Lipinski definition) is 1. The van der Waals surface area contributed by atoms with E-state index >= 15 is 0 Å². The van der Waals surface area contributed by atoms with Gasteiger partial charge in [-0.1, -0.05) is 42.5 Å². The van der Waals surface area contributed by atoms with Gasteiger partial charge in [0.15, 0.2) is 23.1 Å². The molecule has 0 radical (unpaired) electrons. The molecule has 1 saturated heterocycles. The van der Waals surface area contributed by atoms with Crippen molar-refractivity contribution in [1.82, 2.24) is 9.88 Å². The molecule has 8 heteroatoms. The SMILES string of the molecule is COc1ccc(C(=O)[C@@H]2[C@@H](C(=O)c3cccnc3)[C@@]3(C(=O)Nc4ccccc43)[C@H]3c4ccccc4C=CN23)cc1OC.